The van der Waals surface area contributed by atoms with E-state index >= 15 is 0 Å². The average Bonchev–Trinajstić information content (AvgIpc) is 3.38. The van der Waals surface area contributed by atoms with Crippen molar-refractivity contribution in [2.24, 2.45) is 0 Å². The van der Waals surface area contributed by atoms with Crippen LogP contribution in [-0.4, -0.2) is 99.8 Å². The summed E-state index contributed by atoms with van der Waals surface area (Å²) in [5.41, 5.74) is 1.40. The van der Waals surface area contributed by atoms with Crippen molar-refractivity contribution in [3.8, 4) is 0 Å². The number of carbonyl (C=O) groups excluding carboxylic acids is 2. The smallest absolute Gasteiger partial charge is 0.250 e. The standard InChI is InChI=1S/C23H33N5O4S/c1-24-12-14-25(15-13-24)22(29)17-28-21-16-18(33(31,32)26-9-4-5-10-26)7-8-19(21)27-11-3-2-6-20(27)23(28)30/h7-8,16,20H,2-6,9-15,17H2,1H3/t20-/m1/s1. The normalized spacial score (nSPS) is 24.7. The third-order valence-electron chi connectivity index (χ3n) is 7.45. The zero-order valence-corrected chi connectivity index (χ0v) is 20.1. The van der Waals surface area contributed by atoms with Gasteiger partial charge in [-0.3, -0.25) is 14.5 Å². The number of hydrogen-bond acceptors (Lipinski definition) is 6. The number of fused-ring (bicyclic) bond motifs is 3. The minimum absolute atomic E-state index is 0.0485. The summed E-state index contributed by atoms with van der Waals surface area (Å²) in [6.45, 7) is 4.67. The zero-order chi connectivity index (χ0) is 23.2. The lowest BCUT2D eigenvalue weighted by Gasteiger charge is -2.45. The van der Waals surface area contributed by atoms with Crippen molar-refractivity contribution in [3.05, 3.63) is 18.2 Å². The van der Waals surface area contributed by atoms with E-state index in [4.69, 9.17) is 0 Å². The van der Waals surface area contributed by atoms with Gasteiger partial charge in [-0.1, -0.05) is 0 Å². The summed E-state index contributed by atoms with van der Waals surface area (Å²) in [6, 6.07) is 4.82. The highest BCUT2D eigenvalue weighted by atomic mass is 32.2. The highest BCUT2D eigenvalue weighted by Crippen LogP contribution is 2.41. The summed E-state index contributed by atoms with van der Waals surface area (Å²) in [7, 11) is -1.59. The maximum atomic E-state index is 13.6. The largest absolute Gasteiger partial charge is 0.358 e. The van der Waals surface area contributed by atoms with E-state index in [1.54, 1.807) is 17.0 Å². The number of amides is 2. The molecule has 0 aliphatic carbocycles. The molecule has 4 aliphatic rings. The van der Waals surface area contributed by atoms with E-state index in [9.17, 15) is 18.0 Å². The predicted molar refractivity (Wildman–Crippen MR) is 126 cm³/mol. The fourth-order valence-corrected chi connectivity index (χ4v) is 6.97. The topological polar surface area (TPSA) is 84.5 Å². The number of piperidine rings is 1. The van der Waals surface area contributed by atoms with Gasteiger partial charge in [-0.25, -0.2) is 8.42 Å². The summed E-state index contributed by atoms with van der Waals surface area (Å²) in [4.78, 5) is 34.5. The molecule has 0 unspecified atom stereocenters. The molecule has 10 heteroatoms. The Bertz CT molecular complexity index is 1030. The third kappa shape index (κ3) is 4.13. The van der Waals surface area contributed by atoms with Gasteiger partial charge in [0, 0.05) is 45.8 Å². The Morgan fingerprint density at radius 2 is 1.64 bits per heavy atom. The van der Waals surface area contributed by atoms with Gasteiger partial charge in [0.15, 0.2) is 0 Å². The Kier molecular flexibility index (Phi) is 6.09. The van der Waals surface area contributed by atoms with Gasteiger partial charge in [0.2, 0.25) is 21.8 Å². The summed E-state index contributed by atoms with van der Waals surface area (Å²) >= 11 is 0. The Morgan fingerprint density at radius 3 is 2.36 bits per heavy atom. The number of nitrogens with zero attached hydrogens (tertiary/aromatic N) is 5. The van der Waals surface area contributed by atoms with Crippen LogP contribution in [-0.2, 0) is 19.6 Å². The number of likely N-dealkylation sites (N-methyl/N-ethyl adjacent to an activating group) is 1. The Labute approximate surface area is 195 Å². The molecular weight excluding hydrogens is 442 g/mol. The first-order chi connectivity index (χ1) is 15.9. The molecule has 4 aliphatic heterocycles. The highest BCUT2D eigenvalue weighted by molar-refractivity contribution is 7.89. The maximum Gasteiger partial charge on any atom is 0.250 e. The monoisotopic (exact) mass is 475 g/mol. The second kappa shape index (κ2) is 8.88. The van der Waals surface area contributed by atoms with Crippen LogP contribution in [0.25, 0.3) is 0 Å². The first-order valence-electron chi connectivity index (χ1n) is 12.0. The molecule has 9 nitrogen and oxygen atoms in total. The molecule has 1 aromatic carbocycles. The van der Waals surface area contributed by atoms with Crippen LogP contribution in [0, 0.1) is 0 Å². The van der Waals surface area contributed by atoms with Crippen LogP contribution in [0.4, 0.5) is 11.4 Å². The van der Waals surface area contributed by atoms with E-state index in [0.717, 1.165) is 57.4 Å². The number of sulfonamides is 1. The Hall–Kier alpha value is -2.17. The fraction of sp³-hybridized carbons (Fsp3) is 0.652. The van der Waals surface area contributed by atoms with Gasteiger partial charge in [-0.05, 0) is 57.4 Å². The first-order valence-corrected chi connectivity index (χ1v) is 13.5. The molecule has 5 rings (SSSR count). The van der Waals surface area contributed by atoms with Gasteiger partial charge in [-0.15, -0.1) is 0 Å². The van der Waals surface area contributed by atoms with Gasteiger partial charge >= 0.3 is 0 Å². The SMILES string of the molecule is CN1CCN(C(=O)CN2C(=O)[C@H]3CCCCN3c3ccc(S(=O)(=O)N4CCCC4)cc32)CC1. The first kappa shape index (κ1) is 22.6. The molecule has 0 spiro atoms. The second-order valence-electron chi connectivity index (χ2n) is 9.58. The van der Waals surface area contributed by atoms with Gasteiger partial charge in [0.05, 0.1) is 16.3 Å². The lowest BCUT2D eigenvalue weighted by molar-refractivity contribution is -0.133. The van der Waals surface area contributed by atoms with Crippen LogP contribution < -0.4 is 9.80 Å². The van der Waals surface area contributed by atoms with Crippen LogP contribution in [0.2, 0.25) is 0 Å². The van der Waals surface area contributed by atoms with Crippen molar-refractivity contribution >= 4 is 33.2 Å². The molecule has 1 aromatic rings. The van der Waals surface area contributed by atoms with Gasteiger partial charge in [-0.2, -0.15) is 4.31 Å². The van der Waals surface area contributed by atoms with Gasteiger partial charge < -0.3 is 14.7 Å². The molecular formula is C23H33N5O4S. The molecule has 2 amide bonds. The molecule has 0 radical (unpaired) electrons. The van der Waals surface area contributed by atoms with Crippen LogP contribution in [0.5, 0.6) is 0 Å². The van der Waals surface area contributed by atoms with Gasteiger partial charge in [0.25, 0.3) is 0 Å². The number of carbonyl (C=O) groups is 2. The van der Waals surface area contributed by atoms with E-state index < -0.39 is 10.0 Å². The van der Waals surface area contributed by atoms with E-state index in [2.05, 4.69) is 9.80 Å². The van der Waals surface area contributed by atoms with Crippen molar-refractivity contribution in [3.63, 3.8) is 0 Å². The molecule has 3 saturated heterocycles. The molecule has 0 saturated carbocycles. The average molecular weight is 476 g/mol. The zero-order valence-electron chi connectivity index (χ0n) is 19.3. The van der Waals surface area contributed by atoms with E-state index in [0.29, 0.717) is 31.9 Å². The van der Waals surface area contributed by atoms with Crippen molar-refractivity contribution in [1.29, 1.82) is 0 Å². The number of rotatable bonds is 4. The molecule has 0 aromatic heterocycles. The summed E-state index contributed by atoms with van der Waals surface area (Å²) < 4.78 is 28.0. The molecule has 3 fully saturated rings. The maximum absolute atomic E-state index is 13.6. The third-order valence-corrected chi connectivity index (χ3v) is 9.35. The van der Waals surface area contributed by atoms with Crippen molar-refractivity contribution in [1.82, 2.24) is 14.1 Å². The van der Waals surface area contributed by atoms with Crippen LogP contribution >= 0.6 is 0 Å². The molecule has 0 bridgehead atoms. The fourth-order valence-electron chi connectivity index (χ4n) is 5.43. The number of benzene rings is 1. The van der Waals surface area contributed by atoms with Crippen LogP contribution in [0.1, 0.15) is 32.1 Å². The molecule has 33 heavy (non-hydrogen) atoms. The summed E-state index contributed by atoms with van der Waals surface area (Å²) in [5.74, 6) is -0.181. The number of hydrogen-bond donors (Lipinski definition) is 0. The predicted octanol–water partition coefficient (Wildman–Crippen LogP) is 0.951. The van der Waals surface area contributed by atoms with Gasteiger partial charge in [0.1, 0.15) is 12.6 Å². The van der Waals surface area contributed by atoms with Crippen molar-refractivity contribution in [2.75, 3.05) is 69.2 Å². The molecule has 0 N–H and O–H groups in total. The number of anilines is 2. The van der Waals surface area contributed by atoms with E-state index in [1.807, 2.05) is 18.0 Å². The minimum Gasteiger partial charge on any atom is -0.358 e. The van der Waals surface area contributed by atoms with Crippen molar-refractivity contribution in [2.45, 2.75) is 43.0 Å². The minimum atomic E-state index is -3.62. The second-order valence-corrected chi connectivity index (χ2v) is 11.5. The molecule has 4 heterocycles. The summed E-state index contributed by atoms with van der Waals surface area (Å²) in [6.07, 6.45) is 4.46. The van der Waals surface area contributed by atoms with Crippen LogP contribution in [0.15, 0.2) is 23.1 Å². The quantitative estimate of drug-likeness (QED) is 0.645. The Balaban J connectivity index is 1.49. The van der Waals surface area contributed by atoms with E-state index in [-0.39, 0.29) is 29.3 Å². The Morgan fingerprint density at radius 1 is 0.939 bits per heavy atom. The number of piperazine rings is 1. The lowest BCUT2D eigenvalue weighted by Crippen LogP contribution is -2.58. The highest BCUT2D eigenvalue weighted by Gasteiger charge is 2.41. The summed E-state index contributed by atoms with van der Waals surface area (Å²) in [5, 5.41) is 0. The molecule has 180 valence electrons. The van der Waals surface area contributed by atoms with E-state index in [1.165, 1.54) is 4.31 Å². The van der Waals surface area contributed by atoms with Crippen molar-refractivity contribution < 1.29 is 18.0 Å². The lowest BCUT2D eigenvalue weighted by atomic mass is 9.96. The van der Waals surface area contributed by atoms with Crippen LogP contribution in [0.3, 0.4) is 0 Å². The molecule has 1 atom stereocenters.